The first-order valence-corrected chi connectivity index (χ1v) is 52.6. The van der Waals surface area contributed by atoms with Crippen LogP contribution >= 0.6 is 15.6 Å². The summed E-state index contributed by atoms with van der Waals surface area (Å²) in [5, 5.41) is 10.7. The van der Waals surface area contributed by atoms with Crippen LogP contribution in [0, 0.1) is 5.92 Å². The summed E-state index contributed by atoms with van der Waals surface area (Å²) < 4.78 is 69.1. The fraction of sp³-hybridized carbons (Fsp3) is 0.958. The third-order valence-electron chi connectivity index (χ3n) is 22.8. The van der Waals surface area contributed by atoms with Gasteiger partial charge in [0.05, 0.1) is 26.4 Å². The van der Waals surface area contributed by atoms with E-state index in [2.05, 4.69) is 34.6 Å². The van der Waals surface area contributed by atoms with Crippen molar-refractivity contribution in [3.05, 3.63) is 0 Å². The van der Waals surface area contributed by atoms with Crippen LogP contribution in [0.3, 0.4) is 0 Å². The molecular weight excluding hydrogens is 1490 g/mol. The highest BCUT2D eigenvalue weighted by atomic mass is 31.2. The van der Waals surface area contributed by atoms with E-state index < -0.39 is 97.5 Å². The zero-order valence-corrected chi connectivity index (χ0v) is 77.7. The second-order valence-corrected chi connectivity index (χ2v) is 37.8. The predicted octanol–water partition coefficient (Wildman–Crippen LogP) is 30.3. The van der Waals surface area contributed by atoms with E-state index in [4.69, 9.17) is 37.0 Å². The lowest BCUT2D eigenvalue weighted by molar-refractivity contribution is -0.161. The van der Waals surface area contributed by atoms with Gasteiger partial charge in [-0.05, 0) is 31.6 Å². The van der Waals surface area contributed by atoms with Crippen molar-refractivity contribution in [1.29, 1.82) is 0 Å². The fourth-order valence-corrected chi connectivity index (χ4v) is 16.8. The molecule has 0 aromatic carbocycles. The number of hydrogen-bond donors (Lipinski definition) is 3. The average Bonchev–Trinajstić information content (AvgIpc) is 0.890. The summed E-state index contributed by atoms with van der Waals surface area (Å²) in [6, 6.07) is 0. The number of phosphoric ester groups is 2. The largest absolute Gasteiger partial charge is 0.472 e. The van der Waals surface area contributed by atoms with Crippen LogP contribution in [0.15, 0.2) is 0 Å². The lowest BCUT2D eigenvalue weighted by atomic mass is 10.0. The number of aliphatic hydroxyl groups excluding tert-OH is 1. The summed E-state index contributed by atoms with van der Waals surface area (Å²) in [5.41, 5.74) is 0. The Bertz CT molecular complexity index is 2170. The second-order valence-electron chi connectivity index (χ2n) is 34.9. The van der Waals surface area contributed by atoms with Crippen molar-refractivity contribution in [2.24, 2.45) is 5.92 Å². The minimum Gasteiger partial charge on any atom is -0.462 e. The van der Waals surface area contributed by atoms with Crippen LogP contribution in [0.1, 0.15) is 529 Å². The monoisotopic (exact) mass is 1680 g/mol. The Morgan fingerprint density at radius 1 is 0.235 bits per heavy atom. The van der Waals surface area contributed by atoms with E-state index in [1.54, 1.807) is 0 Å². The Balaban J connectivity index is 5.17. The first-order chi connectivity index (χ1) is 56.0. The lowest BCUT2D eigenvalue weighted by Gasteiger charge is -2.21. The Morgan fingerprint density at radius 3 is 0.591 bits per heavy atom. The van der Waals surface area contributed by atoms with E-state index in [0.717, 1.165) is 96.3 Å². The number of unbranched alkanes of at least 4 members (excludes halogenated alkanes) is 68. The average molecular weight is 1680 g/mol. The summed E-state index contributed by atoms with van der Waals surface area (Å²) in [6.07, 6.45) is 86.8. The van der Waals surface area contributed by atoms with Gasteiger partial charge in [-0.2, -0.15) is 0 Å². The Labute approximate surface area is 708 Å². The van der Waals surface area contributed by atoms with E-state index in [1.807, 2.05) is 0 Å². The molecule has 2 unspecified atom stereocenters. The summed E-state index contributed by atoms with van der Waals surface area (Å²) in [5.74, 6) is -1.41. The van der Waals surface area contributed by atoms with Crippen LogP contribution < -0.4 is 0 Å². The number of ether oxygens (including phenoxy) is 4. The molecule has 0 spiro atoms. The van der Waals surface area contributed by atoms with E-state index in [9.17, 15) is 43.2 Å². The van der Waals surface area contributed by atoms with Crippen molar-refractivity contribution < 1.29 is 80.2 Å². The second kappa shape index (κ2) is 88.4. The Kier molecular flexibility index (Phi) is 86.9. The molecule has 0 amide bonds. The minimum atomic E-state index is -4.97. The maximum absolute atomic E-state index is 13.2. The van der Waals surface area contributed by atoms with Gasteiger partial charge in [0, 0.05) is 25.7 Å². The van der Waals surface area contributed by atoms with Crippen LogP contribution in [0.4, 0.5) is 0 Å². The molecular formula is C96H188O17P2. The minimum absolute atomic E-state index is 0.108. The number of phosphoric acid groups is 2. The van der Waals surface area contributed by atoms with Gasteiger partial charge in [0.1, 0.15) is 19.3 Å². The number of rotatable bonds is 96. The van der Waals surface area contributed by atoms with Gasteiger partial charge >= 0.3 is 39.5 Å². The predicted molar refractivity (Wildman–Crippen MR) is 479 cm³/mol. The van der Waals surface area contributed by atoms with Gasteiger partial charge in [0.25, 0.3) is 0 Å². The number of aliphatic hydroxyl groups is 1. The molecule has 0 heterocycles. The summed E-state index contributed by atoms with van der Waals surface area (Å²) in [4.78, 5) is 73.5. The smallest absolute Gasteiger partial charge is 0.462 e. The third-order valence-corrected chi connectivity index (χ3v) is 24.7. The number of hydrogen-bond acceptors (Lipinski definition) is 15. The van der Waals surface area contributed by atoms with Gasteiger partial charge in [-0.1, -0.05) is 478 Å². The molecule has 0 aliphatic carbocycles. The molecule has 0 rings (SSSR count). The Hall–Kier alpha value is -1.94. The fourth-order valence-electron chi connectivity index (χ4n) is 15.2. The molecule has 0 saturated carbocycles. The molecule has 0 aromatic heterocycles. The normalized spacial score (nSPS) is 13.6. The molecule has 0 fully saturated rings. The van der Waals surface area contributed by atoms with Crippen molar-refractivity contribution >= 4 is 39.5 Å². The van der Waals surface area contributed by atoms with Crippen molar-refractivity contribution in [3.8, 4) is 0 Å². The molecule has 115 heavy (non-hydrogen) atoms. The summed E-state index contributed by atoms with van der Waals surface area (Å²) in [6.45, 7) is 7.33. The molecule has 17 nitrogen and oxygen atoms in total. The summed E-state index contributed by atoms with van der Waals surface area (Å²) >= 11 is 0. The molecule has 0 saturated heterocycles. The maximum Gasteiger partial charge on any atom is 0.472 e. The first kappa shape index (κ1) is 113. The molecule has 5 atom stereocenters. The maximum atomic E-state index is 13.2. The number of carbonyl (C=O) groups is 4. The van der Waals surface area contributed by atoms with Gasteiger partial charge in [0.2, 0.25) is 0 Å². The van der Waals surface area contributed by atoms with Gasteiger partial charge in [0.15, 0.2) is 12.2 Å². The molecule has 0 bridgehead atoms. The molecule has 0 aromatic rings. The van der Waals surface area contributed by atoms with Crippen molar-refractivity contribution in [2.45, 2.75) is 547 Å². The van der Waals surface area contributed by atoms with Crippen LogP contribution in [0.25, 0.3) is 0 Å². The molecule has 0 aliphatic heterocycles. The molecule has 0 aliphatic rings. The highest BCUT2D eigenvalue weighted by Crippen LogP contribution is 2.45. The van der Waals surface area contributed by atoms with Gasteiger partial charge in [-0.25, -0.2) is 9.13 Å². The van der Waals surface area contributed by atoms with Crippen molar-refractivity contribution in [1.82, 2.24) is 0 Å². The molecule has 3 N–H and O–H groups in total. The Morgan fingerprint density at radius 2 is 0.400 bits per heavy atom. The van der Waals surface area contributed by atoms with Crippen LogP contribution in [0.2, 0.25) is 0 Å². The standard InChI is InChI=1S/C96H188O17P2/c1-6-9-12-15-18-21-24-27-30-33-36-39-42-45-48-51-54-57-60-63-69-74-79-93(98)106-85-91(112-95(100)81-76-71-64-61-58-55-52-49-46-43-40-37-34-31-28-25-22-19-16-13-10-7-2)87-110-114(102,103)108-83-90(97)84-109-115(104,105)111-88-92(86-107-94(99)80-75-70-67-66-68-73-78-89(4)5)113-96(101)82-77-72-65-62-59-56-53-50-47-44-41-38-35-32-29-26-23-20-17-14-11-8-3/h89-92,97H,6-88H2,1-5H3,(H,102,103)(H,104,105)/t90-,91-,92-/m1/s1. The SMILES string of the molecule is CCCCCCCCCCCCCCCCCCCCCCCCC(=O)OC[C@H](COP(=O)(O)OC[C@@H](O)COP(=O)(O)OC[C@@H](COC(=O)CCCCCCCCC(C)C)OC(=O)CCCCCCCCCCCCCCCCCCCCCCCC)OC(=O)CCCCCCCCCCCCCCCCCCCCCCCC. The quantitative estimate of drug-likeness (QED) is 0.0222. The van der Waals surface area contributed by atoms with Gasteiger partial charge < -0.3 is 33.8 Å². The number of carbonyl (C=O) groups excluding carboxylic acids is 4. The zero-order chi connectivity index (χ0) is 84.0. The van der Waals surface area contributed by atoms with Gasteiger partial charge in [-0.3, -0.25) is 37.3 Å². The molecule has 19 heteroatoms. The molecule has 684 valence electrons. The molecule has 0 radical (unpaired) electrons. The van der Waals surface area contributed by atoms with Crippen LogP contribution in [0.5, 0.6) is 0 Å². The lowest BCUT2D eigenvalue weighted by Crippen LogP contribution is -2.30. The zero-order valence-electron chi connectivity index (χ0n) is 76.0. The van der Waals surface area contributed by atoms with Crippen molar-refractivity contribution in [3.63, 3.8) is 0 Å². The number of esters is 4. The van der Waals surface area contributed by atoms with E-state index in [0.29, 0.717) is 31.6 Å². The highest BCUT2D eigenvalue weighted by Gasteiger charge is 2.31. The van der Waals surface area contributed by atoms with E-state index >= 15 is 0 Å². The van der Waals surface area contributed by atoms with Crippen molar-refractivity contribution in [2.75, 3.05) is 39.6 Å². The highest BCUT2D eigenvalue weighted by molar-refractivity contribution is 7.47. The van der Waals surface area contributed by atoms with Crippen LogP contribution in [-0.4, -0.2) is 96.7 Å². The van der Waals surface area contributed by atoms with E-state index in [-0.39, 0.29) is 25.7 Å². The summed E-state index contributed by atoms with van der Waals surface area (Å²) in [7, 11) is -9.94. The third kappa shape index (κ3) is 89.6. The van der Waals surface area contributed by atoms with Gasteiger partial charge in [-0.15, -0.1) is 0 Å². The van der Waals surface area contributed by atoms with E-state index in [1.165, 1.54) is 347 Å². The first-order valence-electron chi connectivity index (χ1n) is 49.6. The topological polar surface area (TPSA) is 237 Å². The van der Waals surface area contributed by atoms with Crippen LogP contribution in [-0.2, 0) is 65.4 Å².